The SMILES string of the molecule is ClCc1ccc(Br)cc1Oc1ccc2ccccc2c1Br. The molecule has 0 aliphatic rings. The molecule has 0 bridgehead atoms. The smallest absolute Gasteiger partial charge is 0.142 e. The van der Waals surface area contributed by atoms with Gasteiger partial charge in [0, 0.05) is 10.0 Å². The van der Waals surface area contributed by atoms with Gasteiger partial charge >= 0.3 is 0 Å². The van der Waals surface area contributed by atoms with Crippen molar-refractivity contribution in [2.45, 2.75) is 5.88 Å². The van der Waals surface area contributed by atoms with Crippen LogP contribution in [0.1, 0.15) is 5.56 Å². The zero-order valence-electron chi connectivity index (χ0n) is 10.9. The van der Waals surface area contributed by atoms with Crippen LogP contribution in [0, 0.1) is 0 Å². The highest BCUT2D eigenvalue weighted by Crippen LogP contribution is 2.37. The zero-order chi connectivity index (χ0) is 14.8. The van der Waals surface area contributed by atoms with Crippen molar-refractivity contribution >= 4 is 54.2 Å². The van der Waals surface area contributed by atoms with E-state index in [-0.39, 0.29) is 0 Å². The average Bonchev–Trinajstić information content (AvgIpc) is 2.51. The Bertz CT molecular complexity index is 802. The van der Waals surface area contributed by atoms with E-state index in [4.69, 9.17) is 16.3 Å². The van der Waals surface area contributed by atoms with Crippen molar-refractivity contribution in [2.75, 3.05) is 0 Å². The molecule has 106 valence electrons. The van der Waals surface area contributed by atoms with Crippen molar-refractivity contribution < 1.29 is 4.74 Å². The fraction of sp³-hybridized carbons (Fsp3) is 0.0588. The standard InChI is InChI=1S/C17H11Br2ClO/c18-13-7-5-12(10-20)16(9-13)21-15-8-6-11-3-1-2-4-14(11)17(15)19/h1-9H,10H2. The van der Waals surface area contributed by atoms with E-state index in [0.29, 0.717) is 5.88 Å². The zero-order valence-corrected chi connectivity index (χ0v) is 14.9. The number of rotatable bonds is 3. The van der Waals surface area contributed by atoms with Crippen LogP contribution in [0.25, 0.3) is 10.8 Å². The number of alkyl halides is 1. The molecule has 4 heteroatoms. The van der Waals surface area contributed by atoms with E-state index in [9.17, 15) is 0 Å². The van der Waals surface area contributed by atoms with Gasteiger partial charge in [-0.05, 0) is 44.9 Å². The summed E-state index contributed by atoms with van der Waals surface area (Å²) in [7, 11) is 0. The number of hydrogen-bond donors (Lipinski definition) is 0. The molecule has 3 aromatic rings. The number of hydrogen-bond acceptors (Lipinski definition) is 1. The summed E-state index contributed by atoms with van der Waals surface area (Å²) >= 11 is 13.1. The lowest BCUT2D eigenvalue weighted by Crippen LogP contribution is -1.91. The summed E-state index contributed by atoms with van der Waals surface area (Å²) in [5, 5.41) is 2.29. The molecule has 0 radical (unpaired) electrons. The van der Waals surface area contributed by atoms with Crippen molar-refractivity contribution in [3.63, 3.8) is 0 Å². The van der Waals surface area contributed by atoms with Gasteiger partial charge in [0.15, 0.2) is 0 Å². The van der Waals surface area contributed by atoms with Gasteiger partial charge in [-0.3, -0.25) is 0 Å². The fourth-order valence-corrected chi connectivity index (χ4v) is 3.28. The molecule has 0 N–H and O–H groups in total. The van der Waals surface area contributed by atoms with Crippen molar-refractivity contribution in [1.29, 1.82) is 0 Å². The van der Waals surface area contributed by atoms with Crippen LogP contribution in [-0.2, 0) is 5.88 Å². The average molecular weight is 427 g/mol. The first-order valence-corrected chi connectivity index (χ1v) is 8.50. The molecular formula is C17H11Br2ClO. The largest absolute Gasteiger partial charge is 0.456 e. The normalized spacial score (nSPS) is 10.8. The van der Waals surface area contributed by atoms with Crippen molar-refractivity contribution in [2.24, 2.45) is 0 Å². The summed E-state index contributed by atoms with van der Waals surface area (Å²) in [5.41, 5.74) is 0.958. The Kier molecular flexibility index (Phi) is 4.53. The summed E-state index contributed by atoms with van der Waals surface area (Å²) in [5.74, 6) is 1.95. The molecule has 0 saturated heterocycles. The van der Waals surface area contributed by atoms with Crippen LogP contribution >= 0.6 is 43.5 Å². The highest BCUT2D eigenvalue weighted by atomic mass is 79.9. The highest BCUT2D eigenvalue weighted by Gasteiger charge is 2.10. The second kappa shape index (κ2) is 6.39. The van der Waals surface area contributed by atoms with E-state index in [1.54, 1.807) is 0 Å². The molecule has 1 nitrogen and oxygen atoms in total. The number of halogens is 3. The van der Waals surface area contributed by atoms with E-state index in [1.807, 2.05) is 42.5 Å². The summed E-state index contributed by atoms with van der Waals surface area (Å²) in [6, 6.07) is 18.0. The lowest BCUT2D eigenvalue weighted by Gasteiger charge is -2.13. The summed E-state index contributed by atoms with van der Waals surface area (Å²) in [6.45, 7) is 0. The van der Waals surface area contributed by atoms with Gasteiger partial charge in [0.05, 0.1) is 10.4 Å². The molecule has 21 heavy (non-hydrogen) atoms. The van der Waals surface area contributed by atoms with Crippen LogP contribution in [0.4, 0.5) is 0 Å². The Hall–Kier alpha value is -1.03. The molecule has 0 aliphatic heterocycles. The minimum Gasteiger partial charge on any atom is -0.456 e. The third-order valence-corrected chi connectivity index (χ3v) is 4.82. The molecule has 0 spiro atoms. The molecule has 0 unspecified atom stereocenters. The molecule has 0 atom stereocenters. The second-order valence-electron chi connectivity index (χ2n) is 4.59. The van der Waals surface area contributed by atoms with Gasteiger partial charge in [-0.2, -0.15) is 0 Å². The third-order valence-electron chi connectivity index (χ3n) is 3.22. The Morgan fingerprint density at radius 3 is 2.52 bits per heavy atom. The van der Waals surface area contributed by atoms with Gasteiger partial charge < -0.3 is 4.74 Å². The van der Waals surface area contributed by atoms with Crippen LogP contribution in [0.3, 0.4) is 0 Å². The van der Waals surface area contributed by atoms with Gasteiger partial charge in [0.25, 0.3) is 0 Å². The van der Waals surface area contributed by atoms with Crippen LogP contribution in [0.15, 0.2) is 63.5 Å². The maximum absolute atomic E-state index is 6.06. The summed E-state index contributed by atoms with van der Waals surface area (Å²) in [6.07, 6.45) is 0. The Labute approximate surface area is 145 Å². The Morgan fingerprint density at radius 1 is 0.905 bits per heavy atom. The maximum Gasteiger partial charge on any atom is 0.142 e. The molecule has 3 rings (SSSR count). The van der Waals surface area contributed by atoms with Gasteiger partial charge in [-0.1, -0.05) is 52.3 Å². The molecule has 0 fully saturated rings. The molecule has 0 heterocycles. The number of ether oxygens (including phenoxy) is 1. The first-order chi connectivity index (χ1) is 10.2. The summed E-state index contributed by atoms with van der Waals surface area (Å²) in [4.78, 5) is 0. The lowest BCUT2D eigenvalue weighted by molar-refractivity contribution is 0.476. The topological polar surface area (TPSA) is 9.23 Å². The molecule has 0 aliphatic carbocycles. The molecule has 0 amide bonds. The van der Waals surface area contributed by atoms with Gasteiger partial charge in [-0.15, -0.1) is 11.6 Å². The van der Waals surface area contributed by atoms with Crippen LogP contribution in [-0.4, -0.2) is 0 Å². The fourth-order valence-electron chi connectivity index (χ4n) is 2.14. The van der Waals surface area contributed by atoms with E-state index in [0.717, 1.165) is 31.4 Å². The van der Waals surface area contributed by atoms with Crippen molar-refractivity contribution in [1.82, 2.24) is 0 Å². The number of benzene rings is 3. The monoisotopic (exact) mass is 424 g/mol. The summed E-state index contributed by atoms with van der Waals surface area (Å²) < 4.78 is 7.97. The van der Waals surface area contributed by atoms with Gasteiger partial charge in [0.2, 0.25) is 0 Å². The molecular weight excluding hydrogens is 415 g/mol. The first-order valence-electron chi connectivity index (χ1n) is 6.38. The van der Waals surface area contributed by atoms with Crippen molar-refractivity contribution in [3.05, 3.63) is 69.1 Å². The Morgan fingerprint density at radius 2 is 1.71 bits per heavy atom. The minimum atomic E-state index is 0.411. The Balaban J connectivity index is 2.06. The molecule has 0 saturated carbocycles. The predicted octanol–water partition coefficient (Wildman–Crippen LogP) is 6.90. The predicted molar refractivity (Wildman–Crippen MR) is 95.4 cm³/mol. The van der Waals surface area contributed by atoms with Crippen LogP contribution in [0.5, 0.6) is 11.5 Å². The lowest BCUT2D eigenvalue weighted by atomic mass is 10.1. The first kappa shape index (κ1) is 14.9. The van der Waals surface area contributed by atoms with E-state index < -0.39 is 0 Å². The van der Waals surface area contributed by atoms with Crippen LogP contribution < -0.4 is 4.74 Å². The third kappa shape index (κ3) is 3.10. The van der Waals surface area contributed by atoms with Crippen LogP contribution in [0.2, 0.25) is 0 Å². The highest BCUT2D eigenvalue weighted by molar-refractivity contribution is 9.11. The van der Waals surface area contributed by atoms with Gasteiger partial charge in [-0.25, -0.2) is 0 Å². The number of fused-ring (bicyclic) bond motifs is 1. The van der Waals surface area contributed by atoms with E-state index in [2.05, 4.69) is 44.0 Å². The van der Waals surface area contributed by atoms with Crippen molar-refractivity contribution in [3.8, 4) is 11.5 Å². The van der Waals surface area contributed by atoms with E-state index >= 15 is 0 Å². The van der Waals surface area contributed by atoms with Gasteiger partial charge in [0.1, 0.15) is 11.5 Å². The minimum absolute atomic E-state index is 0.411. The molecule has 3 aromatic carbocycles. The van der Waals surface area contributed by atoms with E-state index in [1.165, 1.54) is 5.39 Å². The maximum atomic E-state index is 6.06. The molecule has 0 aromatic heterocycles. The second-order valence-corrected chi connectivity index (χ2v) is 6.56. The quantitative estimate of drug-likeness (QED) is 0.414.